The van der Waals surface area contributed by atoms with Crippen LogP contribution in [-0.2, 0) is 4.74 Å². The highest BCUT2D eigenvalue weighted by atomic mass is 16.5. The van der Waals surface area contributed by atoms with Crippen LogP contribution in [0.1, 0.15) is 51.1 Å². The van der Waals surface area contributed by atoms with Gasteiger partial charge in [-0.05, 0) is 55.5 Å². The van der Waals surface area contributed by atoms with Gasteiger partial charge in [0.15, 0.2) is 0 Å². The van der Waals surface area contributed by atoms with Crippen molar-refractivity contribution in [2.75, 3.05) is 19.0 Å². The number of fused-ring (bicyclic) bond motifs is 1. The van der Waals surface area contributed by atoms with Gasteiger partial charge in [0.25, 0.3) is 0 Å². The van der Waals surface area contributed by atoms with Gasteiger partial charge in [0.05, 0.1) is 24.5 Å². The van der Waals surface area contributed by atoms with Crippen LogP contribution in [0.25, 0.3) is 16.6 Å². The van der Waals surface area contributed by atoms with E-state index >= 15 is 0 Å². The van der Waals surface area contributed by atoms with Gasteiger partial charge < -0.3 is 14.8 Å². The van der Waals surface area contributed by atoms with Crippen LogP contribution in [0.5, 0.6) is 11.6 Å². The van der Waals surface area contributed by atoms with E-state index in [4.69, 9.17) is 14.6 Å². The smallest absolute Gasteiger partial charge is 0.241 e. The summed E-state index contributed by atoms with van der Waals surface area (Å²) in [6.07, 6.45) is 11.9. The van der Waals surface area contributed by atoms with Gasteiger partial charge in [0.2, 0.25) is 11.8 Å². The average molecular weight is 473 g/mol. The van der Waals surface area contributed by atoms with E-state index in [-0.39, 0.29) is 6.04 Å². The summed E-state index contributed by atoms with van der Waals surface area (Å²) < 4.78 is 13.3. The molecule has 0 aliphatic heterocycles. The van der Waals surface area contributed by atoms with Gasteiger partial charge in [0.1, 0.15) is 5.75 Å². The van der Waals surface area contributed by atoms with E-state index in [1.807, 2.05) is 30.5 Å². The highest BCUT2D eigenvalue weighted by Crippen LogP contribution is 2.39. The Labute approximate surface area is 205 Å². The predicted molar refractivity (Wildman–Crippen MR) is 136 cm³/mol. The summed E-state index contributed by atoms with van der Waals surface area (Å²) in [6, 6.07) is 10.1. The lowest BCUT2D eigenvalue weighted by Gasteiger charge is -2.25. The quantitative estimate of drug-likeness (QED) is 0.351. The molecule has 0 bridgehead atoms. The fraction of sp³-hybridized carbons (Fsp3) is 0.407. The number of aromatic nitrogens is 5. The van der Waals surface area contributed by atoms with Crippen LogP contribution >= 0.6 is 0 Å². The number of pyridine rings is 2. The lowest BCUT2D eigenvalue weighted by atomic mass is 9.81. The maximum atomic E-state index is 5.94. The van der Waals surface area contributed by atoms with Crippen LogP contribution in [0.2, 0.25) is 0 Å². The molecule has 1 aliphatic rings. The fourth-order valence-corrected chi connectivity index (χ4v) is 4.83. The molecule has 35 heavy (non-hydrogen) atoms. The highest BCUT2D eigenvalue weighted by molar-refractivity contribution is 5.82. The van der Waals surface area contributed by atoms with E-state index in [0.717, 1.165) is 22.6 Å². The van der Waals surface area contributed by atoms with Gasteiger partial charge >= 0.3 is 0 Å². The SMILES string of the molecule is COC[C@H](C)Nc1ncc2c(-c3ccnc(Oc4cccnc4)c3)cc(C3CCC(C)CC3)n2n1. The van der Waals surface area contributed by atoms with Crippen molar-refractivity contribution in [2.24, 2.45) is 5.92 Å². The van der Waals surface area contributed by atoms with Crippen molar-refractivity contribution in [1.29, 1.82) is 0 Å². The monoisotopic (exact) mass is 472 g/mol. The maximum Gasteiger partial charge on any atom is 0.241 e. The Morgan fingerprint density at radius 1 is 1.09 bits per heavy atom. The number of nitrogens with zero attached hydrogens (tertiary/aromatic N) is 5. The number of hydrogen-bond acceptors (Lipinski definition) is 7. The van der Waals surface area contributed by atoms with Gasteiger partial charge in [-0.3, -0.25) is 4.98 Å². The van der Waals surface area contributed by atoms with Gasteiger partial charge in [0, 0.05) is 48.8 Å². The van der Waals surface area contributed by atoms with Crippen molar-refractivity contribution in [2.45, 2.75) is 51.5 Å². The Balaban J connectivity index is 1.53. The lowest BCUT2D eigenvalue weighted by Crippen LogP contribution is -2.23. The Hall–Kier alpha value is -3.52. The van der Waals surface area contributed by atoms with Crippen LogP contribution in [-0.4, -0.2) is 44.3 Å². The molecule has 0 radical (unpaired) electrons. The summed E-state index contributed by atoms with van der Waals surface area (Å²) in [7, 11) is 1.70. The zero-order valence-corrected chi connectivity index (χ0v) is 20.5. The van der Waals surface area contributed by atoms with Gasteiger partial charge in [-0.15, -0.1) is 5.10 Å². The van der Waals surface area contributed by atoms with Crippen molar-refractivity contribution in [3.63, 3.8) is 0 Å². The zero-order chi connectivity index (χ0) is 24.2. The minimum absolute atomic E-state index is 0.110. The van der Waals surface area contributed by atoms with Gasteiger partial charge in [-0.2, -0.15) is 0 Å². The summed E-state index contributed by atoms with van der Waals surface area (Å²) in [5.41, 5.74) is 4.30. The third-order valence-corrected chi connectivity index (χ3v) is 6.67. The molecule has 1 fully saturated rings. The van der Waals surface area contributed by atoms with E-state index in [2.05, 4.69) is 44.7 Å². The number of rotatable bonds is 8. The molecule has 182 valence electrons. The largest absolute Gasteiger partial charge is 0.437 e. The highest BCUT2D eigenvalue weighted by Gasteiger charge is 2.25. The molecule has 8 nitrogen and oxygen atoms in total. The molecule has 4 aromatic heterocycles. The van der Waals surface area contributed by atoms with Crippen molar-refractivity contribution >= 4 is 11.5 Å². The third kappa shape index (κ3) is 5.27. The van der Waals surface area contributed by atoms with Crippen LogP contribution in [0.15, 0.2) is 55.1 Å². The first kappa shape index (κ1) is 23.2. The fourth-order valence-electron chi connectivity index (χ4n) is 4.83. The molecule has 4 aromatic rings. The molecule has 4 heterocycles. The standard InChI is InChI=1S/C27H32N6O2/c1-18-6-8-20(9-7-18)24-14-23(25-16-30-27(32-33(24)25)31-19(2)17-34-3)21-10-12-29-26(13-21)35-22-5-4-11-28-15-22/h4-5,10-16,18-20H,6-9,17H2,1-3H3,(H,31,32)/t18?,19-,20?/m0/s1. The van der Waals surface area contributed by atoms with Crippen LogP contribution in [0.3, 0.4) is 0 Å². The Bertz CT molecular complexity index is 1270. The van der Waals surface area contributed by atoms with Gasteiger partial charge in [-0.25, -0.2) is 14.5 Å². The van der Waals surface area contributed by atoms with Crippen LogP contribution in [0.4, 0.5) is 5.95 Å². The Kier molecular flexibility index (Phi) is 6.90. The first-order valence-corrected chi connectivity index (χ1v) is 12.3. The molecule has 1 atom stereocenters. The number of anilines is 1. The molecule has 0 amide bonds. The molecule has 0 saturated heterocycles. The lowest BCUT2D eigenvalue weighted by molar-refractivity contribution is 0.190. The number of hydrogen-bond donors (Lipinski definition) is 1. The molecule has 0 unspecified atom stereocenters. The summed E-state index contributed by atoms with van der Waals surface area (Å²) in [5.74, 6) is 3.03. The summed E-state index contributed by atoms with van der Waals surface area (Å²) in [6.45, 7) is 4.99. The molecular weight excluding hydrogens is 440 g/mol. The average Bonchev–Trinajstić information content (AvgIpc) is 3.24. The molecule has 5 rings (SSSR count). The topological polar surface area (TPSA) is 86.5 Å². The molecule has 1 saturated carbocycles. The van der Waals surface area contributed by atoms with Gasteiger partial charge in [-0.1, -0.05) is 19.8 Å². The molecule has 8 heteroatoms. The molecule has 1 N–H and O–H groups in total. The van der Waals surface area contributed by atoms with E-state index in [9.17, 15) is 0 Å². The minimum Gasteiger partial charge on any atom is -0.437 e. The summed E-state index contributed by atoms with van der Waals surface area (Å²) in [5, 5.41) is 8.27. The van der Waals surface area contributed by atoms with Crippen molar-refractivity contribution < 1.29 is 9.47 Å². The van der Waals surface area contributed by atoms with Crippen LogP contribution in [0, 0.1) is 5.92 Å². The summed E-state index contributed by atoms with van der Waals surface area (Å²) >= 11 is 0. The molecule has 0 aromatic carbocycles. The van der Waals surface area contributed by atoms with Crippen LogP contribution < -0.4 is 10.1 Å². The normalized spacial score (nSPS) is 18.9. The first-order chi connectivity index (χ1) is 17.1. The number of ether oxygens (including phenoxy) is 2. The Morgan fingerprint density at radius 2 is 1.94 bits per heavy atom. The molecular formula is C27H32N6O2. The number of methoxy groups -OCH3 is 1. The van der Waals surface area contributed by atoms with E-state index in [1.165, 1.54) is 31.4 Å². The number of nitrogens with one attached hydrogen (secondary N) is 1. The second-order valence-electron chi connectivity index (χ2n) is 9.49. The predicted octanol–water partition coefficient (Wildman–Crippen LogP) is 5.72. The third-order valence-electron chi connectivity index (χ3n) is 6.67. The summed E-state index contributed by atoms with van der Waals surface area (Å²) in [4.78, 5) is 13.1. The second kappa shape index (κ2) is 10.4. The minimum atomic E-state index is 0.110. The van der Waals surface area contributed by atoms with Crippen molar-refractivity contribution in [3.05, 3.63) is 60.8 Å². The van der Waals surface area contributed by atoms with E-state index in [1.54, 1.807) is 25.7 Å². The maximum absolute atomic E-state index is 5.94. The molecule has 1 aliphatic carbocycles. The molecule has 0 spiro atoms. The van der Waals surface area contributed by atoms with Crippen molar-refractivity contribution in [3.8, 4) is 22.8 Å². The van der Waals surface area contributed by atoms with E-state index < -0.39 is 0 Å². The van der Waals surface area contributed by atoms with E-state index in [0.29, 0.717) is 30.1 Å². The first-order valence-electron chi connectivity index (χ1n) is 12.3. The van der Waals surface area contributed by atoms with Crippen molar-refractivity contribution in [1.82, 2.24) is 24.6 Å². The second-order valence-corrected chi connectivity index (χ2v) is 9.49. The Morgan fingerprint density at radius 3 is 2.71 bits per heavy atom. The zero-order valence-electron chi connectivity index (χ0n) is 20.5.